The third-order valence-electron chi connectivity index (χ3n) is 5.38. The quantitative estimate of drug-likeness (QED) is 0.448. The van der Waals surface area contributed by atoms with E-state index in [1.807, 2.05) is 61.5 Å². The number of urea groups is 1. The summed E-state index contributed by atoms with van der Waals surface area (Å²) in [6.07, 6.45) is 4.01. The number of benzene rings is 2. The highest BCUT2D eigenvalue weighted by Gasteiger charge is 2.23. The van der Waals surface area contributed by atoms with Gasteiger partial charge in [-0.25, -0.2) is 9.78 Å². The summed E-state index contributed by atoms with van der Waals surface area (Å²) in [5, 5.41) is 6.59. The number of aromatic amines is 1. The highest BCUT2D eigenvalue weighted by Crippen LogP contribution is 2.35. The third kappa shape index (κ3) is 3.37. The van der Waals surface area contributed by atoms with E-state index in [1.54, 1.807) is 17.3 Å². The molecule has 5 rings (SSSR count). The molecule has 2 amide bonds. The molecule has 0 fully saturated rings. The lowest BCUT2D eigenvalue weighted by molar-refractivity contribution is 0.262. The second-order valence-electron chi connectivity index (χ2n) is 7.31. The molecule has 30 heavy (non-hydrogen) atoms. The summed E-state index contributed by atoms with van der Waals surface area (Å²) in [4.78, 5) is 21.7. The van der Waals surface area contributed by atoms with E-state index in [2.05, 4.69) is 20.6 Å². The van der Waals surface area contributed by atoms with Crippen molar-refractivity contribution in [1.29, 1.82) is 0 Å². The number of H-pyrrole nitrogens is 1. The first-order valence-electron chi connectivity index (χ1n) is 10.9. The Morgan fingerprint density at radius 1 is 1.13 bits per heavy atom. The number of nitrogens with one attached hydrogen (secondary N) is 3. The maximum atomic E-state index is 12.6. The van der Waals surface area contributed by atoms with Gasteiger partial charge in [0.2, 0.25) is 0 Å². The summed E-state index contributed by atoms with van der Waals surface area (Å²) in [6.45, 7) is 0.706. The van der Waals surface area contributed by atoms with Crippen LogP contribution in [0, 0.1) is 6.92 Å². The molecule has 0 atom stereocenters. The summed E-state index contributed by atoms with van der Waals surface area (Å²) in [6, 6.07) is 16.6. The van der Waals surface area contributed by atoms with Crippen molar-refractivity contribution >= 4 is 34.1 Å². The number of rotatable bonds is 4. The standard InChI is InChI=1S/C24H23N5O/c1-16-6-2-3-8-20(16)27-24(30)28-21-9-4-10-22-19(21)11-13-29(22)15-17-14-26-23-18(17)7-5-12-25-23/h2-10,12,14H,11,13,15H2,1H3,(H,25,26)(H2,27,28,30)/i15D2. The van der Waals surface area contributed by atoms with Gasteiger partial charge in [0, 0.05) is 53.4 Å². The van der Waals surface area contributed by atoms with Gasteiger partial charge in [0.15, 0.2) is 0 Å². The highest BCUT2D eigenvalue weighted by molar-refractivity contribution is 6.01. The van der Waals surface area contributed by atoms with Gasteiger partial charge in [0.25, 0.3) is 0 Å². The van der Waals surface area contributed by atoms with Gasteiger partial charge in [0.1, 0.15) is 5.65 Å². The molecule has 0 aliphatic carbocycles. The lowest BCUT2D eigenvalue weighted by Gasteiger charge is -2.19. The van der Waals surface area contributed by atoms with E-state index in [0.717, 1.165) is 27.9 Å². The average Bonchev–Trinajstić information content (AvgIpc) is 3.41. The average molecular weight is 399 g/mol. The molecule has 0 saturated carbocycles. The van der Waals surface area contributed by atoms with Crippen LogP contribution in [0.15, 0.2) is 67.0 Å². The maximum absolute atomic E-state index is 12.6. The van der Waals surface area contributed by atoms with Crippen LogP contribution in [-0.2, 0) is 12.9 Å². The van der Waals surface area contributed by atoms with Crippen LogP contribution in [0.2, 0.25) is 0 Å². The molecular formula is C24H23N5O. The van der Waals surface area contributed by atoms with E-state index >= 15 is 0 Å². The Labute approximate surface area is 177 Å². The van der Waals surface area contributed by atoms with Gasteiger partial charge >= 0.3 is 6.03 Å². The molecule has 2 aromatic carbocycles. The first-order chi connectivity index (χ1) is 15.4. The molecule has 1 aliphatic rings. The van der Waals surface area contributed by atoms with Crippen LogP contribution in [0.4, 0.5) is 21.9 Å². The highest BCUT2D eigenvalue weighted by atomic mass is 16.2. The molecule has 6 nitrogen and oxygen atoms in total. The second kappa shape index (κ2) is 7.55. The molecule has 3 heterocycles. The number of anilines is 3. The Morgan fingerprint density at radius 3 is 2.87 bits per heavy atom. The van der Waals surface area contributed by atoms with E-state index in [1.165, 1.54) is 0 Å². The van der Waals surface area contributed by atoms with E-state index in [0.29, 0.717) is 29.9 Å². The number of para-hydroxylation sites is 1. The number of hydrogen-bond acceptors (Lipinski definition) is 3. The number of aryl methyl sites for hydroxylation is 1. The zero-order valence-corrected chi connectivity index (χ0v) is 16.6. The lowest BCUT2D eigenvalue weighted by Crippen LogP contribution is -2.20. The molecule has 2 aromatic heterocycles. The fourth-order valence-corrected chi connectivity index (χ4v) is 3.85. The van der Waals surface area contributed by atoms with Gasteiger partial charge in [0.05, 0.1) is 2.74 Å². The van der Waals surface area contributed by atoms with Crippen molar-refractivity contribution in [2.45, 2.75) is 19.8 Å². The van der Waals surface area contributed by atoms with Crippen LogP contribution in [-0.4, -0.2) is 22.5 Å². The molecule has 150 valence electrons. The zero-order chi connectivity index (χ0) is 22.3. The van der Waals surface area contributed by atoms with Crippen LogP contribution < -0.4 is 15.5 Å². The molecule has 3 N–H and O–H groups in total. The minimum Gasteiger partial charge on any atom is -0.367 e. The second-order valence-corrected chi connectivity index (χ2v) is 7.31. The third-order valence-corrected chi connectivity index (χ3v) is 5.38. The lowest BCUT2D eigenvalue weighted by atomic mass is 10.1. The molecule has 0 radical (unpaired) electrons. The van der Waals surface area contributed by atoms with Crippen molar-refractivity contribution in [3.05, 3.63) is 83.7 Å². The van der Waals surface area contributed by atoms with Gasteiger partial charge in [-0.1, -0.05) is 24.3 Å². The number of hydrogen-bond donors (Lipinski definition) is 3. The van der Waals surface area contributed by atoms with Crippen molar-refractivity contribution < 1.29 is 7.54 Å². The fourth-order valence-electron chi connectivity index (χ4n) is 3.85. The zero-order valence-electron chi connectivity index (χ0n) is 18.6. The Kier molecular flexibility index (Phi) is 4.04. The molecule has 6 heteroatoms. The number of nitrogens with zero attached hydrogens (tertiary/aromatic N) is 2. The van der Waals surface area contributed by atoms with Gasteiger partial charge in [-0.3, -0.25) is 0 Å². The van der Waals surface area contributed by atoms with Crippen molar-refractivity contribution in [3.8, 4) is 0 Å². The Morgan fingerprint density at radius 2 is 1.97 bits per heavy atom. The number of aromatic nitrogens is 2. The number of carbonyl (C=O) groups is 1. The van der Waals surface area contributed by atoms with Crippen molar-refractivity contribution in [3.63, 3.8) is 0 Å². The van der Waals surface area contributed by atoms with Crippen molar-refractivity contribution in [2.75, 3.05) is 22.1 Å². The monoisotopic (exact) mass is 399 g/mol. The maximum Gasteiger partial charge on any atom is 0.323 e. The SMILES string of the molecule is [2H]C([2H])(c1c[nH]c2ncccc12)N1CCc2c(NC(=O)Nc3ccccc3C)cccc21. The number of amides is 2. The molecule has 0 bridgehead atoms. The van der Waals surface area contributed by atoms with E-state index < -0.39 is 6.50 Å². The van der Waals surface area contributed by atoms with E-state index in [-0.39, 0.29) is 6.03 Å². The minimum absolute atomic E-state index is 0.322. The summed E-state index contributed by atoms with van der Waals surface area (Å²) in [7, 11) is 0. The largest absolute Gasteiger partial charge is 0.367 e. The normalized spacial score (nSPS) is 14.2. The number of carbonyl (C=O) groups excluding carboxylic acids is 1. The molecule has 0 unspecified atom stereocenters. The van der Waals surface area contributed by atoms with Crippen LogP contribution in [0.25, 0.3) is 11.0 Å². The Hall–Kier alpha value is -3.80. The summed E-state index contributed by atoms with van der Waals surface area (Å²) >= 11 is 0. The minimum atomic E-state index is -1.74. The van der Waals surface area contributed by atoms with Gasteiger partial charge in [-0.2, -0.15) is 0 Å². The predicted octanol–water partition coefficient (Wildman–Crippen LogP) is 5.08. The molecule has 1 aliphatic heterocycles. The van der Waals surface area contributed by atoms with Gasteiger partial charge in [-0.05, 0) is 54.8 Å². The van der Waals surface area contributed by atoms with Crippen LogP contribution in [0.5, 0.6) is 0 Å². The fraction of sp³-hybridized carbons (Fsp3) is 0.167. The van der Waals surface area contributed by atoms with E-state index in [4.69, 9.17) is 2.74 Å². The number of fused-ring (bicyclic) bond motifs is 2. The van der Waals surface area contributed by atoms with Crippen LogP contribution in [0.3, 0.4) is 0 Å². The summed E-state index contributed by atoms with van der Waals surface area (Å²) in [5.41, 5.74) is 5.33. The number of pyridine rings is 1. The molecule has 0 spiro atoms. The Balaban J connectivity index is 1.42. The van der Waals surface area contributed by atoms with E-state index in [9.17, 15) is 4.79 Å². The smallest absolute Gasteiger partial charge is 0.323 e. The molecule has 4 aromatic rings. The summed E-state index contributed by atoms with van der Waals surface area (Å²) < 4.78 is 17.8. The molecule has 0 saturated heterocycles. The topological polar surface area (TPSA) is 73.0 Å². The van der Waals surface area contributed by atoms with Crippen molar-refractivity contribution in [2.24, 2.45) is 0 Å². The van der Waals surface area contributed by atoms with Gasteiger partial charge < -0.3 is 20.5 Å². The Bertz CT molecular complexity index is 1320. The van der Waals surface area contributed by atoms with Crippen molar-refractivity contribution in [1.82, 2.24) is 9.97 Å². The summed E-state index contributed by atoms with van der Waals surface area (Å²) in [5.74, 6) is 0. The predicted molar refractivity (Wildman–Crippen MR) is 121 cm³/mol. The van der Waals surface area contributed by atoms with Crippen LogP contribution >= 0.6 is 0 Å². The first-order valence-corrected chi connectivity index (χ1v) is 9.91. The first kappa shape index (κ1) is 16.0. The van der Waals surface area contributed by atoms with Crippen LogP contribution in [0.1, 0.15) is 19.4 Å². The molecular weight excluding hydrogens is 374 g/mol. The van der Waals surface area contributed by atoms with Gasteiger partial charge in [-0.15, -0.1) is 0 Å².